The van der Waals surface area contributed by atoms with Crippen LogP contribution in [0.15, 0.2) is 10.8 Å². The molecule has 0 N–H and O–H groups in total. The summed E-state index contributed by atoms with van der Waals surface area (Å²) in [5.41, 5.74) is 0.642. The van der Waals surface area contributed by atoms with Gasteiger partial charge in [0.25, 0.3) is 0 Å². The van der Waals surface area contributed by atoms with Crippen molar-refractivity contribution in [1.82, 2.24) is 9.78 Å². The first-order valence-corrected chi connectivity index (χ1v) is 4.57. The van der Waals surface area contributed by atoms with Crippen molar-refractivity contribution >= 4 is 21.7 Å². The van der Waals surface area contributed by atoms with E-state index in [1.54, 1.807) is 10.9 Å². The highest BCUT2D eigenvalue weighted by Gasteiger charge is 2.12. The van der Waals surface area contributed by atoms with Gasteiger partial charge in [0.05, 0.1) is 11.8 Å². The van der Waals surface area contributed by atoms with Crippen LogP contribution in [0.1, 0.15) is 37.2 Å². The van der Waals surface area contributed by atoms with E-state index in [0.717, 1.165) is 4.60 Å². The summed E-state index contributed by atoms with van der Waals surface area (Å²) in [6.45, 7) is 5.57. The van der Waals surface area contributed by atoms with E-state index in [1.165, 1.54) is 6.92 Å². The molecule has 0 saturated heterocycles. The first-order valence-electron chi connectivity index (χ1n) is 3.78. The Morgan fingerprint density at radius 1 is 1.67 bits per heavy atom. The number of aromatic nitrogens is 2. The molecule has 12 heavy (non-hydrogen) atoms. The maximum absolute atomic E-state index is 11.0. The van der Waals surface area contributed by atoms with Crippen LogP contribution in [0, 0.1) is 0 Å². The Morgan fingerprint density at radius 2 is 2.25 bits per heavy atom. The van der Waals surface area contributed by atoms with Crippen LogP contribution in [0.3, 0.4) is 0 Å². The van der Waals surface area contributed by atoms with Crippen LogP contribution in [0.4, 0.5) is 0 Å². The largest absolute Gasteiger partial charge is 0.294 e. The fourth-order valence-electron chi connectivity index (χ4n) is 0.943. The van der Waals surface area contributed by atoms with Crippen molar-refractivity contribution < 1.29 is 4.79 Å². The van der Waals surface area contributed by atoms with Gasteiger partial charge in [-0.05, 0) is 36.7 Å². The summed E-state index contributed by atoms with van der Waals surface area (Å²) in [5, 5.41) is 4.09. The highest BCUT2D eigenvalue weighted by molar-refractivity contribution is 9.10. The molecule has 0 bridgehead atoms. The lowest BCUT2D eigenvalue weighted by Crippen LogP contribution is -2.03. The second-order valence-electron chi connectivity index (χ2n) is 2.94. The van der Waals surface area contributed by atoms with E-state index >= 15 is 0 Å². The number of ketones is 1. The third-order valence-corrected chi connectivity index (χ3v) is 2.39. The quantitative estimate of drug-likeness (QED) is 0.732. The predicted molar refractivity (Wildman–Crippen MR) is 50.3 cm³/mol. The van der Waals surface area contributed by atoms with Crippen molar-refractivity contribution in [1.29, 1.82) is 0 Å². The first-order chi connectivity index (χ1) is 5.54. The van der Waals surface area contributed by atoms with E-state index in [2.05, 4.69) is 21.0 Å². The number of rotatable bonds is 2. The first kappa shape index (κ1) is 9.45. The zero-order chi connectivity index (χ0) is 9.30. The number of hydrogen-bond acceptors (Lipinski definition) is 2. The van der Waals surface area contributed by atoms with Gasteiger partial charge in [0, 0.05) is 6.04 Å². The van der Waals surface area contributed by atoms with Crippen LogP contribution >= 0.6 is 15.9 Å². The van der Waals surface area contributed by atoms with Crippen LogP contribution in [-0.2, 0) is 0 Å². The standard InChI is InChI=1S/C8H11BrN2O/c1-5(2)11-8(9)7(4-10-11)6(3)12/h4-5H,1-3H3. The fourth-order valence-corrected chi connectivity index (χ4v) is 1.83. The number of Topliss-reactive ketones (excluding diaryl/α,β-unsaturated/α-hetero) is 1. The van der Waals surface area contributed by atoms with Crippen molar-refractivity contribution in [3.8, 4) is 0 Å². The molecule has 0 fully saturated rings. The van der Waals surface area contributed by atoms with Gasteiger partial charge < -0.3 is 0 Å². The van der Waals surface area contributed by atoms with E-state index in [9.17, 15) is 4.79 Å². The molecule has 1 aromatic heterocycles. The molecular formula is C8H11BrN2O. The molecule has 4 heteroatoms. The third-order valence-electron chi connectivity index (χ3n) is 1.60. The minimum atomic E-state index is 0.0359. The molecule has 0 saturated carbocycles. The second kappa shape index (κ2) is 3.39. The molecule has 0 radical (unpaired) electrons. The second-order valence-corrected chi connectivity index (χ2v) is 3.69. The Bertz CT molecular complexity index is 304. The summed E-state index contributed by atoms with van der Waals surface area (Å²) in [6, 6.07) is 0.271. The van der Waals surface area contributed by atoms with E-state index in [4.69, 9.17) is 0 Å². The van der Waals surface area contributed by atoms with Gasteiger partial charge in [0.1, 0.15) is 4.60 Å². The highest BCUT2D eigenvalue weighted by Crippen LogP contribution is 2.20. The molecule has 66 valence electrons. The molecule has 0 atom stereocenters. The lowest BCUT2D eigenvalue weighted by Gasteiger charge is -2.06. The molecule has 0 aliphatic heterocycles. The van der Waals surface area contributed by atoms with Crippen molar-refractivity contribution in [2.75, 3.05) is 0 Å². The maximum Gasteiger partial charge on any atom is 0.164 e. The zero-order valence-electron chi connectivity index (χ0n) is 7.34. The minimum absolute atomic E-state index is 0.0359. The molecule has 0 spiro atoms. The number of hydrogen-bond donors (Lipinski definition) is 0. The summed E-state index contributed by atoms with van der Waals surface area (Å²) in [4.78, 5) is 11.0. The number of nitrogens with zero attached hydrogens (tertiary/aromatic N) is 2. The van der Waals surface area contributed by atoms with Crippen LogP contribution in [0.5, 0.6) is 0 Å². The Morgan fingerprint density at radius 3 is 2.50 bits per heavy atom. The fraction of sp³-hybridized carbons (Fsp3) is 0.500. The molecular weight excluding hydrogens is 220 g/mol. The molecule has 0 amide bonds. The zero-order valence-corrected chi connectivity index (χ0v) is 8.92. The van der Waals surface area contributed by atoms with Gasteiger partial charge >= 0.3 is 0 Å². The summed E-state index contributed by atoms with van der Waals surface area (Å²) in [5.74, 6) is 0.0359. The van der Waals surface area contributed by atoms with Gasteiger partial charge in [-0.2, -0.15) is 5.10 Å². The van der Waals surface area contributed by atoms with Crippen molar-refractivity contribution in [3.63, 3.8) is 0 Å². The molecule has 3 nitrogen and oxygen atoms in total. The van der Waals surface area contributed by atoms with Gasteiger partial charge in [-0.25, -0.2) is 0 Å². The van der Waals surface area contributed by atoms with Gasteiger partial charge in [0.15, 0.2) is 5.78 Å². The SMILES string of the molecule is CC(=O)c1cnn(C(C)C)c1Br. The van der Waals surface area contributed by atoms with E-state index in [-0.39, 0.29) is 11.8 Å². The molecule has 0 aliphatic carbocycles. The van der Waals surface area contributed by atoms with Crippen LogP contribution < -0.4 is 0 Å². The third kappa shape index (κ3) is 1.58. The molecule has 0 aromatic carbocycles. The molecule has 0 unspecified atom stereocenters. The van der Waals surface area contributed by atoms with Gasteiger partial charge in [-0.3, -0.25) is 9.48 Å². The molecule has 1 heterocycles. The highest BCUT2D eigenvalue weighted by atomic mass is 79.9. The van der Waals surface area contributed by atoms with Crippen molar-refractivity contribution in [3.05, 3.63) is 16.4 Å². The van der Waals surface area contributed by atoms with E-state index < -0.39 is 0 Å². The summed E-state index contributed by atoms with van der Waals surface area (Å²) in [7, 11) is 0. The summed E-state index contributed by atoms with van der Waals surface area (Å²) in [6.07, 6.45) is 1.59. The molecule has 0 aliphatic rings. The normalized spacial score (nSPS) is 10.8. The average molecular weight is 231 g/mol. The Labute approximate surface area is 79.9 Å². The van der Waals surface area contributed by atoms with Crippen LogP contribution in [0.25, 0.3) is 0 Å². The smallest absolute Gasteiger partial charge is 0.164 e. The summed E-state index contributed by atoms with van der Waals surface area (Å²) < 4.78 is 2.54. The lowest BCUT2D eigenvalue weighted by molar-refractivity contribution is 0.101. The molecule has 1 rings (SSSR count). The van der Waals surface area contributed by atoms with Crippen molar-refractivity contribution in [2.45, 2.75) is 26.8 Å². The number of carbonyl (C=O) groups excluding carboxylic acids is 1. The maximum atomic E-state index is 11.0. The van der Waals surface area contributed by atoms with Crippen molar-refractivity contribution in [2.24, 2.45) is 0 Å². The monoisotopic (exact) mass is 230 g/mol. The summed E-state index contributed by atoms with van der Waals surface area (Å²) >= 11 is 3.33. The van der Waals surface area contributed by atoms with Crippen LogP contribution in [0.2, 0.25) is 0 Å². The topological polar surface area (TPSA) is 34.9 Å². The predicted octanol–water partition coefficient (Wildman–Crippen LogP) is 2.43. The Kier molecular flexibility index (Phi) is 2.67. The molecule has 1 aromatic rings. The number of carbonyl (C=O) groups is 1. The van der Waals surface area contributed by atoms with Crippen LogP contribution in [-0.4, -0.2) is 15.6 Å². The number of halogens is 1. The Balaban J connectivity index is 3.13. The van der Waals surface area contributed by atoms with Gasteiger partial charge in [0.2, 0.25) is 0 Å². The van der Waals surface area contributed by atoms with E-state index in [0.29, 0.717) is 5.56 Å². The van der Waals surface area contributed by atoms with E-state index in [1.807, 2.05) is 13.8 Å². The minimum Gasteiger partial charge on any atom is -0.294 e. The Hall–Kier alpha value is -0.640. The van der Waals surface area contributed by atoms with Gasteiger partial charge in [-0.1, -0.05) is 0 Å². The average Bonchev–Trinajstić information content (AvgIpc) is 2.30. The lowest BCUT2D eigenvalue weighted by atomic mass is 10.3. The van der Waals surface area contributed by atoms with Gasteiger partial charge in [-0.15, -0.1) is 0 Å².